The summed E-state index contributed by atoms with van der Waals surface area (Å²) in [6, 6.07) is 24.8. The molecule has 1 amide bonds. The number of carbonyl (C=O) groups is 1. The molecule has 0 radical (unpaired) electrons. The fraction of sp³-hybridized carbons (Fsp3) is 0.259. The van der Waals surface area contributed by atoms with Crippen molar-refractivity contribution < 1.29 is 4.79 Å². The van der Waals surface area contributed by atoms with Gasteiger partial charge in [-0.2, -0.15) is 0 Å². The minimum Gasteiger partial charge on any atom is -0.353 e. The molecule has 2 aromatic carbocycles. The van der Waals surface area contributed by atoms with Gasteiger partial charge in [0.25, 0.3) is 5.91 Å². The third-order valence-electron chi connectivity index (χ3n) is 6.23. The Morgan fingerprint density at radius 1 is 0.844 bits per heavy atom. The maximum Gasteiger partial charge on any atom is 0.256 e. The van der Waals surface area contributed by atoms with Crippen LogP contribution in [0.1, 0.15) is 30.2 Å². The Morgan fingerprint density at radius 3 is 2.22 bits per heavy atom. The predicted molar refractivity (Wildman–Crippen MR) is 130 cm³/mol. The van der Waals surface area contributed by atoms with Crippen LogP contribution in [-0.4, -0.2) is 46.5 Å². The van der Waals surface area contributed by atoms with Crippen LogP contribution in [-0.2, 0) is 0 Å². The number of hydrogen-bond acceptors (Lipinski definition) is 3. The zero-order chi connectivity index (χ0) is 22.1. The standard InChI is InChI=1S/C27H28N4O/c1-20(2)31-23-13-7-6-12-22(23)25(26(31)21-10-4-3-5-11-21)27(32)30-18-16-29(17-19-30)24-14-8-9-15-28-24/h3-15,20H,16-19H2,1-2H3. The Kier molecular flexibility index (Phi) is 5.39. The number of hydrogen-bond donors (Lipinski definition) is 0. The SMILES string of the molecule is CC(C)n1c(-c2ccccc2)c(C(=O)N2CCN(c3ccccn3)CC2)c2ccccc21. The van der Waals surface area contributed by atoms with Gasteiger partial charge < -0.3 is 14.4 Å². The molecule has 5 rings (SSSR count). The molecule has 2 aromatic heterocycles. The molecule has 5 heteroatoms. The van der Waals surface area contributed by atoms with Gasteiger partial charge in [-0.3, -0.25) is 4.79 Å². The van der Waals surface area contributed by atoms with Crippen molar-refractivity contribution in [1.29, 1.82) is 0 Å². The van der Waals surface area contributed by atoms with Crippen LogP contribution in [0.15, 0.2) is 79.0 Å². The summed E-state index contributed by atoms with van der Waals surface area (Å²) in [5.41, 5.74) is 4.01. The van der Waals surface area contributed by atoms with Crippen LogP contribution in [0.3, 0.4) is 0 Å². The number of benzene rings is 2. The summed E-state index contributed by atoms with van der Waals surface area (Å²) >= 11 is 0. The monoisotopic (exact) mass is 424 g/mol. The number of rotatable bonds is 4. The Balaban J connectivity index is 1.55. The number of pyridine rings is 1. The van der Waals surface area contributed by atoms with Gasteiger partial charge in [-0.25, -0.2) is 4.98 Å². The smallest absolute Gasteiger partial charge is 0.256 e. The highest BCUT2D eigenvalue weighted by atomic mass is 16.2. The highest BCUT2D eigenvalue weighted by molar-refractivity contribution is 6.13. The quantitative estimate of drug-likeness (QED) is 0.449. The van der Waals surface area contributed by atoms with Crippen molar-refractivity contribution in [3.63, 3.8) is 0 Å². The molecule has 0 unspecified atom stereocenters. The second-order valence-electron chi connectivity index (χ2n) is 8.54. The number of amides is 1. The van der Waals surface area contributed by atoms with Gasteiger partial charge in [0.05, 0.1) is 11.3 Å². The Morgan fingerprint density at radius 2 is 1.53 bits per heavy atom. The first-order valence-electron chi connectivity index (χ1n) is 11.3. The van der Waals surface area contributed by atoms with Gasteiger partial charge in [0.1, 0.15) is 5.82 Å². The van der Waals surface area contributed by atoms with Crippen molar-refractivity contribution in [2.75, 3.05) is 31.1 Å². The summed E-state index contributed by atoms with van der Waals surface area (Å²) in [6.45, 7) is 7.30. The maximum absolute atomic E-state index is 14.0. The maximum atomic E-state index is 14.0. The number of fused-ring (bicyclic) bond motifs is 1. The molecule has 1 fully saturated rings. The first-order valence-corrected chi connectivity index (χ1v) is 11.3. The van der Waals surface area contributed by atoms with Crippen LogP contribution in [0.2, 0.25) is 0 Å². The molecule has 0 N–H and O–H groups in total. The molecule has 1 aliphatic heterocycles. The van der Waals surface area contributed by atoms with E-state index in [4.69, 9.17) is 0 Å². The molecule has 162 valence electrons. The minimum absolute atomic E-state index is 0.111. The number of carbonyl (C=O) groups excluding carboxylic acids is 1. The fourth-order valence-electron chi connectivity index (χ4n) is 4.73. The van der Waals surface area contributed by atoms with Crippen LogP contribution in [0.5, 0.6) is 0 Å². The Bertz CT molecular complexity index is 1220. The number of para-hydroxylation sites is 1. The van der Waals surface area contributed by atoms with E-state index in [2.05, 4.69) is 58.6 Å². The number of nitrogens with zero attached hydrogens (tertiary/aromatic N) is 4. The summed E-state index contributed by atoms with van der Waals surface area (Å²) in [4.78, 5) is 22.7. The van der Waals surface area contributed by atoms with Crippen LogP contribution >= 0.6 is 0 Å². The highest BCUT2D eigenvalue weighted by Crippen LogP contribution is 2.37. The molecule has 0 spiro atoms. The molecule has 0 saturated carbocycles. The van der Waals surface area contributed by atoms with Gasteiger partial charge in [0.15, 0.2) is 0 Å². The predicted octanol–water partition coefficient (Wildman–Crippen LogP) is 5.25. The molecule has 32 heavy (non-hydrogen) atoms. The minimum atomic E-state index is 0.111. The van der Waals surface area contributed by atoms with Crippen LogP contribution in [0.4, 0.5) is 5.82 Å². The summed E-state index contributed by atoms with van der Waals surface area (Å²) in [5, 5.41) is 1.03. The van der Waals surface area contributed by atoms with E-state index < -0.39 is 0 Å². The lowest BCUT2D eigenvalue weighted by Gasteiger charge is -2.35. The molecule has 4 aromatic rings. The van der Waals surface area contributed by atoms with E-state index in [0.29, 0.717) is 13.1 Å². The van der Waals surface area contributed by atoms with Gasteiger partial charge in [-0.1, -0.05) is 54.6 Å². The van der Waals surface area contributed by atoms with E-state index in [1.165, 1.54) is 0 Å². The van der Waals surface area contributed by atoms with Crippen molar-refractivity contribution in [3.05, 3.63) is 84.6 Å². The average molecular weight is 425 g/mol. The van der Waals surface area contributed by atoms with E-state index in [-0.39, 0.29) is 11.9 Å². The topological polar surface area (TPSA) is 41.4 Å². The third kappa shape index (κ3) is 3.54. The van der Waals surface area contributed by atoms with E-state index in [0.717, 1.165) is 46.6 Å². The Hall–Kier alpha value is -3.60. The molecule has 0 atom stereocenters. The summed E-state index contributed by atoms with van der Waals surface area (Å²) in [5.74, 6) is 1.08. The average Bonchev–Trinajstić information content (AvgIpc) is 3.20. The first-order chi connectivity index (χ1) is 15.6. The van der Waals surface area contributed by atoms with Gasteiger partial charge in [0.2, 0.25) is 0 Å². The summed E-state index contributed by atoms with van der Waals surface area (Å²) in [7, 11) is 0. The second kappa shape index (κ2) is 8.50. The molecule has 1 saturated heterocycles. The zero-order valence-corrected chi connectivity index (χ0v) is 18.6. The van der Waals surface area contributed by atoms with Crippen LogP contribution < -0.4 is 4.90 Å². The van der Waals surface area contributed by atoms with E-state index in [9.17, 15) is 4.79 Å². The normalized spacial score (nSPS) is 14.3. The third-order valence-corrected chi connectivity index (χ3v) is 6.23. The lowest BCUT2D eigenvalue weighted by atomic mass is 10.0. The van der Waals surface area contributed by atoms with Gasteiger partial charge in [-0.05, 0) is 37.6 Å². The van der Waals surface area contributed by atoms with Crippen molar-refractivity contribution >= 4 is 22.6 Å². The number of piperazine rings is 1. The second-order valence-corrected chi connectivity index (χ2v) is 8.54. The Labute approximate surface area is 188 Å². The number of aromatic nitrogens is 2. The highest BCUT2D eigenvalue weighted by Gasteiger charge is 2.30. The van der Waals surface area contributed by atoms with Gasteiger partial charge >= 0.3 is 0 Å². The van der Waals surface area contributed by atoms with Gasteiger partial charge in [-0.15, -0.1) is 0 Å². The molecule has 3 heterocycles. The van der Waals surface area contributed by atoms with E-state index in [1.807, 2.05) is 53.6 Å². The lowest BCUT2D eigenvalue weighted by molar-refractivity contribution is 0.0749. The van der Waals surface area contributed by atoms with Crippen molar-refractivity contribution in [2.45, 2.75) is 19.9 Å². The van der Waals surface area contributed by atoms with Crippen LogP contribution in [0, 0.1) is 0 Å². The molecular formula is C27H28N4O. The van der Waals surface area contributed by atoms with Crippen molar-refractivity contribution in [1.82, 2.24) is 14.5 Å². The van der Waals surface area contributed by atoms with Crippen LogP contribution in [0.25, 0.3) is 22.2 Å². The van der Waals surface area contributed by atoms with Crippen molar-refractivity contribution in [3.8, 4) is 11.3 Å². The van der Waals surface area contributed by atoms with E-state index in [1.54, 1.807) is 0 Å². The van der Waals surface area contributed by atoms with Crippen molar-refractivity contribution in [2.24, 2.45) is 0 Å². The molecule has 1 aliphatic rings. The summed E-state index contributed by atoms with van der Waals surface area (Å²) in [6.07, 6.45) is 1.82. The zero-order valence-electron chi connectivity index (χ0n) is 18.6. The largest absolute Gasteiger partial charge is 0.353 e. The molecule has 0 aliphatic carbocycles. The number of anilines is 1. The lowest BCUT2D eigenvalue weighted by Crippen LogP contribution is -2.49. The fourth-order valence-corrected chi connectivity index (χ4v) is 4.73. The molecule has 5 nitrogen and oxygen atoms in total. The summed E-state index contributed by atoms with van der Waals surface area (Å²) < 4.78 is 2.31. The van der Waals surface area contributed by atoms with E-state index >= 15 is 0 Å². The first kappa shape index (κ1) is 20.3. The molecule has 0 bridgehead atoms. The molecular weight excluding hydrogens is 396 g/mol. The van der Waals surface area contributed by atoms with Gasteiger partial charge in [0, 0.05) is 49.3 Å².